The van der Waals surface area contributed by atoms with Crippen LogP contribution in [0.25, 0.3) is 17.4 Å². The molecular weight excluding hydrogens is 446 g/mol. The lowest BCUT2D eigenvalue weighted by atomic mass is 10.1. The lowest BCUT2D eigenvalue weighted by Gasteiger charge is -2.12. The van der Waals surface area contributed by atoms with Crippen LogP contribution in [0.3, 0.4) is 0 Å². The number of hydrogen-bond acceptors (Lipinski definition) is 7. The highest BCUT2D eigenvalue weighted by molar-refractivity contribution is 8.18. The van der Waals surface area contributed by atoms with Crippen molar-refractivity contribution in [1.82, 2.24) is 4.90 Å². The Bertz CT molecular complexity index is 1310. The molecule has 1 aromatic heterocycles. The van der Waals surface area contributed by atoms with Crippen molar-refractivity contribution in [3.8, 4) is 11.3 Å². The number of imide groups is 1. The molecule has 1 N–H and O–H groups in total. The van der Waals surface area contributed by atoms with E-state index in [0.717, 1.165) is 10.5 Å². The SMILES string of the molecule is Cc1cccc(NC(=O)CN2C(=O)S/C(=C/c3ccc(-c4cccc([N+](=O)[O-])c4)o3)C2=O)c1. The number of anilines is 1. The van der Waals surface area contributed by atoms with Gasteiger partial charge in [0.25, 0.3) is 16.8 Å². The number of nitrogens with zero attached hydrogens (tertiary/aromatic N) is 2. The largest absolute Gasteiger partial charge is 0.457 e. The van der Waals surface area contributed by atoms with Gasteiger partial charge in [-0.15, -0.1) is 0 Å². The average Bonchev–Trinajstić information content (AvgIpc) is 3.34. The van der Waals surface area contributed by atoms with Crippen molar-refractivity contribution in [2.45, 2.75) is 6.92 Å². The van der Waals surface area contributed by atoms with Gasteiger partial charge in [-0.3, -0.25) is 29.4 Å². The van der Waals surface area contributed by atoms with Gasteiger partial charge in [0.05, 0.1) is 9.83 Å². The zero-order valence-electron chi connectivity index (χ0n) is 17.3. The zero-order chi connectivity index (χ0) is 23.5. The first-order chi connectivity index (χ1) is 15.8. The summed E-state index contributed by atoms with van der Waals surface area (Å²) in [5.41, 5.74) is 1.97. The fraction of sp³-hybridized carbons (Fsp3) is 0.0870. The minimum absolute atomic E-state index is 0.0736. The number of carbonyl (C=O) groups is 3. The molecule has 9 nitrogen and oxygen atoms in total. The Labute approximate surface area is 192 Å². The number of nitro benzene ring substituents is 1. The topological polar surface area (TPSA) is 123 Å². The summed E-state index contributed by atoms with van der Waals surface area (Å²) in [7, 11) is 0. The van der Waals surface area contributed by atoms with Gasteiger partial charge >= 0.3 is 0 Å². The second-order valence-corrected chi connectivity index (χ2v) is 8.19. The van der Waals surface area contributed by atoms with Gasteiger partial charge in [0.2, 0.25) is 5.91 Å². The highest BCUT2D eigenvalue weighted by Gasteiger charge is 2.36. The van der Waals surface area contributed by atoms with Crippen molar-refractivity contribution in [3.05, 3.63) is 87.0 Å². The predicted molar refractivity (Wildman–Crippen MR) is 123 cm³/mol. The second-order valence-electron chi connectivity index (χ2n) is 7.19. The fourth-order valence-corrected chi connectivity index (χ4v) is 4.01. The third-order valence-electron chi connectivity index (χ3n) is 4.72. The second kappa shape index (κ2) is 9.13. The quantitative estimate of drug-likeness (QED) is 0.315. The Hall–Kier alpha value is -4.18. The molecule has 1 aliphatic rings. The number of amides is 3. The van der Waals surface area contributed by atoms with E-state index >= 15 is 0 Å². The average molecular weight is 463 g/mol. The van der Waals surface area contributed by atoms with E-state index in [-0.39, 0.29) is 10.6 Å². The Kier molecular flexibility index (Phi) is 6.09. The monoisotopic (exact) mass is 463 g/mol. The Balaban J connectivity index is 1.46. The van der Waals surface area contributed by atoms with Crippen LogP contribution in [0, 0.1) is 17.0 Å². The van der Waals surface area contributed by atoms with E-state index in [1.54, 1.807) is 42.5 Å². The number of rotatable bonds is 6. The maximum absolute atomic E-state index is 12.7. The summed E-state index contributed by atoms with van der Waals surface area (Å²) in [6, 6.07) is 16.3. The van der Waals surface area contributed by atoms with E-state index < -0.39 is 28.5 Å². The maximum Gasteiger partial charge on any atom is 0.294 e. The number of nitro groups is 1. The molecule has 2 heterocycles. The lowest BCUT2D eigenvalue weighted by Crippen LogP contribution is -2.36. The molecule has 0 bridgehead atoms. The van der Waals surface area contributed by atoms with Crippen molar-refractivity contribution in [1.29, 1.82) is 0 Å². The maximum atomic E-state index is 12.7. The summed E-state index contributed by atoms with van der Waals surface area (Å²) in [6.45, 7) is 1.48. The van der Waals surface area contributed by atoms with Gasteiger partial charge in [0.1, 0.15) is 18.1 Å². The predicted octanol–water partition coefficient (Wildman–Crippen LogP) is 4.84. The summed E-state index contributed by atoms with van der Waals surface area (Å²) < 4.78 is 5.68. The molecule has 0 aliphatic carbocycles. The summed E-state index contributed by atoms with van der Waals surface area (Å²) in [5, 5.41) is 13.1. The molecule has 0 atom stereocenters. The highest BCUT2D eigenvalue weighted by Crippen LogP contribution is 2.33. The Morgan fingerprint density at radius 1 is 1.15 bits per heavy atom. The third-order valence-corrected chi connectivity index (χ3v) is 5.63. The van der Waals surface area contributed by atoms with E-state index in [1.165, 1.54) is 18.2 Å². The van der Waals surface area contributed by atoms with Crippen molar-refractivity contribution < 1.29 is 23.7 Å². The molecule has 33 heavy (non-hydrogen) atoms. The van der Waals surface area contributed by atoms with Gasteiger partial charge in [-0.05, 0) is 48.5 Å². The third kappa shape index (κ3) is 5.01. The molecule has 10 heteroatoms. The van der Waals surface area contributed by atoms with E-state index in [1.807, 2.05) is 13.0 Å². The summed E-state index contributed by atoms with van der Waals surface area (Å²) in [4.78, 5) is 48.8. The minimum Gasteiger partial charge on any atom is -0.457 e. The smallest absolute Gasteiger partial charge is 0.294 e. The molecule has 1 aliphatic heterocycles. The molecule has 166 valence electrons. The standard InChI is InChI=1S/C23H17N3O6S/c1-14-4-2-6-16(10-14)24-21(27)13-25-22(28)20(33-23(25)29)12-18-8-9-19(32-18)15-5-3-7-17(11-15)26(30)31/h2-12H,13H2,1H3,(H,24,27)/b20-12+. The summed E-state index contributed by atoms with van der Waals surface area (Å²) >= 11 is 0.708. The normalized spacial score (nSPS) is 14.7. The number of aryl methyl sites for hydroxylation is 1. The van der Waals surface area contributed by atoms with Crippen LogP contribution in [0.4, 0.5) is 16.2 Å². The number of carbonyl (C=O) groups excluding carboxylic acids is 3. The van der Waals surface area contributed by atoms with Gasteiger partial charge in [-0.1, -0.05) is 24.3 Å². The van der Waals surface area contributed by atoms with Crippen molar-refractivity contribution in [3.63, 3.8) is 0 Å². The van der Waals surface area contributed by atoms with Gasteiger partial charge in [0.15, 0.2) is 0 Å². The Morgan fingerprint density at radius 2 is 1.94 bits per heavy atom. The van der Waals surface area contributed by atoms with Crippen LogP contribution in [-0.2, 0) is 9.59 Å². The first-order valence-electron chi connectivity index (χ1n) is 9.77. The highest BCUT2D eigenvalue weighted by atomic mass is 32.2. The van der Waals surface area contributed by atoms with Crippen LogP contribution in [0.5, 0.6) is 0 Å². The van der Waals surface area contributed by atoms with Crippen LogP contribution >= 0.6 is 11.8 Å². The molecule has 1 saturated heterocycles. The summed E-state index contributed by atoms with van der Waals surface area (Å²) in [6.07, 6.45) is 1.41. The molecule has 4 rings (SSSR count). The molecule has 0 radical (unpaired) electrons. The lowest BCUT2D eigenvalue weighted by molar-refractivity contribution is -0.384. The molecule has 2 aromatic carbocycles. The first-order valence-corrected chi connectivity index (χ1v) is 10.6. The van der Waals surface area contributed by atoms with E-state index in [9.17, 15) is 24.5 Å². The van der Waals surface area contributed by atoms with Crippen molar-refractivity contribution in [2.24, 2.45) is 0 Å². The molecule has 3 amide bonds. The number of benzene rings is 2. The molecule has 0 unspecified atom stereocenters. The number of nitrogens with one attached hydrogen (secondary N) is 1. The summed E-state index contributed by atoms with van der Waals surface area (Å²) in [5.74, 6) is -0.416. The van der Waals surface area contributed by atoms with E-state index in [2.05, 4.69) is 5.32 Å². The molecule has 0 saturated carbocycles. The van der Waals surface area contributed by atoms with E-state index in [4.69, 9.17) is 4.42 Å². The van der Waals surface area contributed by atoms with Crippen LogP contribution in [-0.4, -0.2) is 33.4 Å². The number of furan rings is 1. The van der Waals surface area contributed by atoms with Crippen LogP contribution in [0.1, 0.15) is 11.3 Å². The number of thioether (sulfide) groups is 1. The van der Waals surface area contributed by atoms with Gasteiger partial charge in [0, 0.05) is 29.5 Å². The molecule has 3 aromatic rings. The van der Waals surface area contributed by atoms with E-state index in [0.29, 0.717) is 34.5 Å². The first kappa shape index (κ1) is 22.0. The number of hydrogen-bond donors (Lipinski definition) is 1. The van der Waals surface area contributed by atoms with Crippen LogP contribution in [0.15, 0.2) is 70.0 Å². The minimum atomic E-state index is -0.599. The molecular formula is C23H17N3O6S. The molecule has 0 spiro atoms. The van der Waals surface area contributed by atoms with Crippen LogP contribution in [0.2, 0.25) is 0 Å². The van der Waals surface area contributed by atoms with Gasteiger partial charge in [-0.25, -0.2) is 0 Å². The van der Waals surface area contributed by atoms with Gasteiger partial charge in [-0.2, -0.15) is 0 Å². The number of non-ortho nitro benzene ring substituents is 1. The zero-order valence-corrected chi connectivity index (χ0v) is 18.1. The van der Waals surface area contributed by atoms with Crippen molar-refractivity contribution in [2.75, 3.05) is 11.9 Å². The van der Waals surface area contributed by atoms with Crippen molar-refractivity contribution >= 4 is 46.3 Å². The van der Waals surface area contributed by atoms with Crippen LogP contribution < -0.4 is 5.32 Å². The fourth-order valence-electron chi connectivity index (χ4n) is 3.19. The molecule has 1 fully saturated rings. The Morgan fingerprint density at radius 3 is 2.70 bits per heavy atom. The van der Waals surface area contributed by atoms with Gasteiger partial charge < -0.3 is 9.73 Å².